The molecule has 146 valence electrons. The average molecular weight is 382 g/mol. The number of piperidine rings is 1. The highest BCUT2D eigenvalue weighted by atomic mass is 16.3. The van der Waals surface area contributed by atoms with Gasteiger partial charge >= 0.3 is 6.03 Å². The Morgan fingerprint density at radius 1 is 1.18 bits per heavy atom. The van der Waals surface area contributed by atoms with E-state index >= 15 is 0 Å². The maximum absolute atomic E-state index is 12.7. The van der Waals surface area contributed by atoms with Crippen LogP contribution in [-0.4, -0.2) is 55.0 Å². The van der Waals surface area contributed by atoms with Gasteiger partial charge in [0.15, 0.2) is 5.76 Å². The van der Waals surface area contributed by atoms with E-state index in [-0.39, 0.29) is 23.9 Å². The van der Waals surface area contributed by atoms with E-state index in [2.05, 4.69) is 10.6 Å². The molecule has 3 heterocycles. The van der Waals surface area contributed by atoms with Gasteiger partial charge in [0.25, 0.3) is 11.8 Å². The second kappa shape index (κ2) is 7.75. The minimum Gasteiger partial charge on any atom is -0.459 e. The van der Waals surface area contributed by atoms with Crippen molar-refractivity contribution in [1.29, 1.82) is 0 Å². The summed E-state index contributed by atoms with van der Waals surface area (Å²) in [7, 11) is 0. The maximum atomic E-state index is 12.7. The lowest BCUT2D eigenvalue weighted by atomic mass is 10.0. The second-order valence-electron chi connectivity index (χ2n) is 6.97. The Morgan fingerprint density at radius 3 is 2.82 bits per heavy atom. The van der Waals surface area contributed by atoms with Gasteiger partial charge in [-0.1, -0.05) is 6.07 Å². The Labute approximate surface area is 162 Å². The Kier molecular flexibility index (Phi) is 5.01. The highest BCUT2D eigenvalue weighted by Gasteiger charge is 2.27. The number of benzene rings is 1. The zero-order valence-electron chi connectivity index (χ0n) is 15.4. The molecule has 8 nitrogen and oxygen atoms in total. The summed E-state index contributed by atoms with van der Waals surface area (Å²) in [6, 6.07) is 10.1. The zero-order chi connectivity index (χ0) is 19.5. The van der Waals surface area contributed by atoms with Crippen molar-refractivity contribution in [2.45, 2.75) is 18.9 Å². The van der Waals surface area contributed by atoms with E-state index in [0.717, 1.165) is 12.8 Å². The molecule has 0 unspecified atom stereocenters. The first-order valence-electron chi connectivity index (χ1n) is 9.41. The summed E-state index contributed by atoms with van der Waals surface area (Å²) < 4.78 is 5.19. The first-order chi connectivity index (χ1) is 13.6. The fourth-order valence-corrected chi connectivity index (χ4v) is 3.64. The van der Waals surface area contributed by atoms with Crippen LogP contribution in [0.4, 0.5) is 10.5 Å². The first kappa shape index (κ1) is 18.1. The number of carbonyl (C=O) groups is 3. The minimum absolute atomic E-state index is 0.126. The molecule has 0 spiro atoms. The van der Waals surface area contributed by atoms with Gasteiger partial charge in [-0.3, -0.25) is 14.5 Å². The SMILES string of the molecule is O=C(N[C@@H]1CCCN(C(=O)c2ccco2)C1)c1cccc(N2CCNC2=O)c1. The van der Waals surface area contributed by atoms with Crippen LogP contribution < -0.4 is 15.5 Å². The highest BCUT2D eigenvalue weighted by Crippen LogP contribution is 2.19. The molecular weight excluding hydrogens is 360 g/mol. The van der Waals surface area contributed by atoms with Gasteiger partial charge < -0.3 is 20.0 Å². The number of rotatable bonds is 4. The van der Waals surface area contributed by atoms with E-state index < -0.39 is 0 Å². The number of furan rings is 1. The Morgan fingerprint density at radius 2 is 2.07 bits per heavy atom. The first-order valence-corrected chi connectivity index (χ1v) is 9.41. The van der Waals surface area contributed by atoms with Crippen molar-refractivity contribution in [3.05, 3.63) is 54.0 Å². The van der Waals surface area contributed by atoms with Gasteiger partial charge in [-0.05, 0) is 43.2 Å². The van der Waals surface area contributed by atoms with Gasteiger partial charge in [0, 0.05) is 43.5 Å². The summed E-state index contributed by atoms with van der Waals surface area (Å²) in [5.41, 5.74) is 1.19. The molecule has 2 aliphatic heterocycles. The molecule has 1 aromatic heterocycles. The smallest absolute Gasteiger partial charge is 0.321 e. The van der Waals surface area contributed by atoms with Crippen LogP contribution in [0.2, 0.25) is 0 Å². The van der Waals surface area contributed by atoms with E-state index in [4.69, 9.17) is 4.42 Å². The lowest BCUT2D eigenvalue weighted by molar-refractivity contribution is 0.0647. The van der Waals surface area contributed by atoms with Crippen molar-refractivity contribution in [2.24, 2.45) is 0 Å². The number of likely N-dealkylation sites (tertiary alicyclic amines) is 1. The molecule has 0 aliphatic carbocycles. The molecule has 1 aromatic carbocycles. The van der Waals surface area contributed by atoms with E-state index in [9.17, 15) is 14.4 Å². The van der Waals surface area contributed by atoms with Crippen molar-refractivity contribution in [2.75, 3.05) is 31.1 Å². The quantitative estimate of drug-likeness (QED) is 0.844. The van der Waals surface area contributed by atoms with Crippen LogP contribution >= 0.6 is 0 Å². The van der Waals surface area contributed by atoms with E-state index in [0.29, 0.717) is 43.2 Å². The molecule has 8 heteroatoms. The van der Waals surface area contributed by atoms with Crippen molar-refractivity contribution in [3.8, 4) is 0 Å². The fraction of sp³-hybridized carbons (Fsp3) is 0.350. The van der Waals surface area contributed by atoms with Crippen molar-refractivity contribution >= 4 is 23.5 Å². The van der Waals surface area contributed by atoms with E-state index in [1.54, 1.807) is 40.1 Å². The Balaban J connectivity index is 1.40. The van der Waals surface area contributed by atoms with Crippen LogP contribution in [0.1, 0.15) is 33.8 Å². The fourth-order valence-electron chi connectivity index (χ4n) is 3.64. The molecule has 28 heavy (non-hydrogen) atoms. The number of carbonyl (C=O) groups excluding carboxylic acids is 3. The number of anilines is 1. The average Bonchev–Trinajstić information content (AvgIpc) is 3.39. The molecular formula is C20H22N4O4. The summed E-state index contributed by atoms with van der Waals surface area (Å²) in [5.74, 6) is -0.0617. The molecule has 0 bridgehead atoms. The molecule has 2 N–H and O–H groups in total. The molecule has 2 saturated heterocycles. The second-order valence-corrected chi connectivity index (χ2v) is 6.97. The maximum Gasteiger partial charge on any atom is 0.321 e. The highest BCUT2D eigenvalue weighted by molar-refractivity contribution is 5.98. The van der Waals surface area contributed by atoms with E-state index in [1.807, 2.05) is 6.07 Å². The van der Waals surface area contributed by atoms with Crippen molar-refractivity contribution in [3.63, 3.8) is 0 Å². The monoisotopic (exact) mass is 382 g/mol. The summed E-state index contributed by atoms with van der Waals surface area (Å²) in [4.78, 5) is 40.3. The number of amides is 4. The topological polar surface area (TPSA) is 94.9 Å². The van der Waals surface area contributed by atoms with Gasteiger partial charge in [0.05, 0.1) is 6.26 Å². The van der Waals surface area contributed by atoms with Gasteiger partial charge in [-0.15, -0.1) is 0 Å². The largest absolute Gasteiger partial charge is 0.459 e. The number of hydrogen-bond acceptors (Lipinski definition) is 4. The van der Waals surface area contributed by atoms with Gasteiger partial charge in [0.1, 0.15) is 0 Å². The Bertz CT molecular complexity index is 880. The molecule has 2 fully saturated rings. The molecule has 2 aliphatic rings. The van der Waals surface area contributed by atoms with Gasteiger partial charge in [0.2, 0.25) is 0 Å². The van der Waals surface area contributed by atoms with Crippen molar-refractivity contribution < 1.29 is 18.8 Å². The van der Waals surface area contributed by atoms with Crippen LogP contribution in [0, 0.1) is 0 Å². The predicted octanol–water partition coefficient (Wildman–Crippen LogP) is 1.84. The van der Waals surface area contributed by atoms with Gasteiger partial charge in [-0.2, -0.15) is 0 Å². The van der Waals surface area contributed by atoms with Gasteiger partial charge in [-0.25, -0.2) is 4.79 Å². The summed E-state index contributed by atoms with van der Waals surface area (Å²) in [6.45, 7) is 2.26. The third-order valence-corrected chi connectivity index (χ3v) is 5.05. The molecule has 2 aromatic rings. The van der Waals surface area contributed by atoms with Crippen LogP contribution in [0.5, 0.6) is 0 Å². The summed E-state index contributed by atoms with van der Waals surface area (Å²) in [6.07, 6.45) is 3.09. The number of nitrogens with one attached hydrogen (secondary N) is 2. The van der Waals surface area contributed by atoms with E-state index in [1.165, 1.54) is 6.26 Å². The lowest BCUT2D eigenvalue weighted by Crippen LogP contribution is -2.49. The summed E-state index contributed by atoms with van der Waals surface area (Å²) in [5, 5.41) is 5.76. The molecule has 0 saturated carbocycles. The molecule has 0 radical (unpaired) electrons. The third-order valence-electron chi connectivity index (χ3n) is 5.05. The predicted molar refractivity (Wildman–Crippen MR) is 102 cm³/mol. The molecule has 4 rings (SSSR count). The van der Waals surface area contributed by atoms with Crippen LogP contribution in [0.15, 0.2) is 47.1 Å². The number of nitrogens with zero attached hydrogens (tertiary/aromatic N) is 2. The zero-order valence-corrected chi connectivity index (χ0v) is 15.4. The molecule has 4 amide bonds. The summed E-state index contributed by atoms with van der Waals surface area (Å²) >= 11 is 0. The third kappa shape index (κ3) is 3.71. The molecule has 1 atom stereocenters. The van der Waals surface area contributed by atoms with Crippen LogP contribution in [-0.2, 0) is 0 Å². The lowest BCUT2D eigenvalue weighted by Gasteiger charge is -2.32. The Hall–Kier alpha value is -3.29. The van der Waals surface area contributed by atoms with Crippen molar-refractivity contribution in [1.82, 2.24) is 15.5 Å². The minimum atomic E-state index is -0.209. The standard InChI is InChI=1S/C20H22N4O4/c25-18(14-4-1-6-16(12-14)24-10-8-21-20(24)27)22-15-5-2-9-23(13-15)19(26)17-7-3-11-28-17/h1,3-4,6-7,11-12,15H,2,5,8-10,13H2,(H,21,27)(H,22,25)/t15-/m1/s1. The number of hydrogen-bond donors (Lipinski definition) is 2. The van der Waals surface area contributed by atoms with Crippen LogP contribution in [0.25, 0.3) is 0 Å². The normalized spacial score (nSPS) is 19.4. The van der Waals surface area contributed by atoms with Crippen LogP contribution in [0.3, 0.4) is 0 Å². The number of urea groups is 1.